The minimum Gasteiger partial charge on any atom is -0.396 e. The van der Waals surface area contributed by atoms with E-state index in [-0.39, 0.29) is 5.41 Å². The molecule has 1 aliphatic heterocycles. The van der Waals surface area contributed by atoms with Gasteiger partial charge in [0.15, 0.2) is 0 Å². The maximum atomic E-state index is 9.90. The van der Waals surface area contributed by atoms with Crippen molar-refractivity contribution in [3.63, 3.8) is 0 Å². The van der Waals surface area contributed by atoms with Gasteiger partial charge in [-0.25, -0.2) is 9.97 Å². The highest BCUT2D eigenvalue weighted by Gasteiger charge is 2.62. The first-order chi connectivity index (χ1) is 10.9. The fraction of sp³-hybridized carbons (Fsp3) is 0.579. The molecule has 2 heterocycles. The molecule has 0 unspecified atom stereocenters. The molecule has 1 aromatic carbocycles. The Hall–Kier alpha value is -1.52. The topological polar surface area (TPSA) is 49.2 Å². The number of aromatic nitrogens is 2. The highest BCUT2D eigenvalue weighted by molar-refractivity contribution is 5.74. The van der Waals surface area contributed by atoms with E-state index in [1.165, 1.54) is 0 Å². The van der Waals surface area contributed by atoms with Crippen molar-refractivity contribution >= 4 is 11.0 Å². The number of nitrogens with zero attached hydrogens (tertiary/aromatic N) is 3. The number of para-hydroxylation sites is 2. The Labute approximate surface area is 137 Å². The zero-order valence-electron chi connectivity index (χ0n) is 14.2. The van der Waals surface area contributed by atoms with E-state index in [0.717, 1.165) is 48.5 Å². The maximum absolute atomic E-state index is 9.90. The van der Waals surface area contributed by atoms with Crippen molar-refractivity contribution in [3.8, 4) is 0 Å². The monoisotopic (exact) mass is 311 g/mol. The Morgan fingerprint density at radius 1 is 1.22 bits per heavy atom. The van der Waals surface area contributed by atoms with Crippen LogP contribution in [0.5, 0.6) is 0 Å². The fourth-order valence-corrected chi connectivity index (χ4v) is 5.05. The standard InChI is InChI=1S/C19H25N3O/c1-13-16(21-15-7-5-4-6-14(15)20-13)8-22-9-17-18(2,3)10-19(17,11-22)12-23/h4-7,17,23H,8-12H2,1-3H3/t17-,19-/m1/s1. The molecule has 1 aliphatic carbocycles. The maximum Gasteiger partial charge on any atom is 0.0890 e. The van der Waals surface area contributed by atoms with Gasteiger partial charge in [-0.05, 0) is 36.8 Å². The van der Waals surface area contributed by atoms with Crippen molar-refractivity contribution in [1.82, 2.24) is 14.9 Å². The number of rotatable bonds is 3. The van der Waals surface area contributed by atoms with Crippen LogP contribution in [0.15, 0.2) is 24.3 Å². The van der Waals surface area contributed by atoms with Crippen LogP contribution < -0.4 is 0 Å². The summed E-state index contributed by atoms with van der Waals surface area (Å²) >= 11 is 0. The highest BCUT2D eigenvalue weighted by atomic mass is 16.3. The third-order valence-corrected chi connectivity index (χ3v) is 6.00. The minimum absolute atomic E-state index is 0.113. The molecule has 23 heavy (non-hydrogen) atoms. The number of benzene rings is 1. The first-order valence-corrected chi connectivity index (χ1v) is 8.49. The summed E-state index contributed by atoms with van der Waals surface area (Å²) in [6.07, 6.45) is 1.13. The molecule has 2 fully saturated rings. The number of hydrogen-bond donors (Lipinski definition) is 1. The van der Waals surface area contributed by atoms with E-state index >= 15 is 0 Å². The van der Waals surface area contributed by atoms with Crippen molar-refractivity contribution < 1.29 is 5.11 Å². The molecular formula is C19H25N3O. The zero-order valence-corrected chi connectivity index (χ0v) is 14.2. The summed E-state index contributed by atoms with van der Waals surface area (Å²) in [5, 5.41) is 9.90. The largest absolute Gasteiger partial charge is 0.396 e. The van der Waals surface area contributed by atoms with Gasteiger partial charge in [0.2, 0.25) is 0 Å². The molecule has 1 N–H and O–H groups in total. The van der Waals surface area contributed by atoms with Gasteiger partial charge < -0.3 is 5.11 Å². The molecule has 122 valence electrons. The predicted octanol–water partition coefficient (Wildman–Crippen LogP) is 2.78. The van der Waals surface area contributed by atoms with E-state index in [0.29, 0.717) is 17.9 Å². The molecule has 2 aromatic rings. The Bertz CT molecular complexity index is 757. The smallest absolute Gasteiger partial charge is 0.0890 e. The van der Waals surface area contributed by atoms with Crippen molar-refractivity contribution in [2.24, 2.45) is 16.7 Å². The van der Waals surface area contributed by atoms with Crippen molar-refractivity contribution in [1.29, 1.82) is 0 Å². The van der Waals surface area contributed by atoms with E-state index in [9.17, 15) is 5.11 Å². The molecule has 0 radical (unpaired) electrons. The van der Waals surface area contributed by atoms with Gasteiger partial charge in [0, 0.05) is 25.0 Å². The molecule has 4 nitrogen and oxygen atoms in total. The number of hydrogen-bond acceptors (Lipinski definition) is 4. The molecule has 1 saturated heterocycles. The molecule has 4 rings (SSSR count). The van der Waals surface area contributed by atoms with Crippen LogP contribution in [0.25, 0.3) is 11.0 Å². The van der Waals surface area contributed by atoms with Crippen LogP contribution >= 0.6 is 0 Å². The van der Waals surface area contributed by atoms with Crippen LogP contribution in [0.3, 0.4) is 0 Å². The van der Waals surface area contributed by atoms with E-state index < -0.39 is 0 Å². The van der Waals surface area contributed by atoms with Crippen LogP contribution in [0.1, 0.15) is 31.7 Å². The molecular weight excluding hydrogens is 286 g/mol. The SMILES string of the molecule is Cc1nc2ccccc2nc1CN1C[C@@H]2C(C)(C)C[C@]2(CO)C1. The Kier molecular flexibility index (Phi) is 3.26. The molecule has 2 aliphatic rings. The summed E-state index contributed by atoms with van der Waals surface area (Å²) in [7, 11) is 0. The van der Waals surface area contributed by atoms with Gasteiger partial charge in [0.05, 0.1) is 29.0 Å². The minimum atomic E-state index is 0.113. The van der Waals surface area contributed by atoms with Gasteiger partial charge >= 0.3 is 0 Å². The summed E-state index contributed by atoms with van der Waals surface area (Å²) in [4.78, 5) is 12.0. The van der Waals surface area contributed by atoms with Gasteiger partial charge in [-0.3, -0.25) is 4.90 Å². The number of aliphatic hydroxyl groups is 1. The van der Waals surface area contributed by atoms with Gasteiger partial charge in [-0.15, -0.1) is 0 Å². The number of likely N-dealkylation sites (tertiary alicyclic amines) is 1. The summed E-state index contributed by atoms with van der Waals surface area (Å²) in [6, 6.07) is 8.05. The second-order valence-corrected chi connectivity index (χ2v) is 8.15. The van der Waals surface area contributed by atoms with Crippen LogP contribution in [0, 0.1) is 23.7 Å². The Morgan fingerprint density at radius 2 is 1.91 bits per heavy atom. The van der Waals surface area contributed by atoms with Gasteiger partial charge in [0.1, 0.15) is 0 Å². The second kappa shape index (κ2) is 4.99. The fourth-order valence-electron chi connectivity index (χ4n) is 5.05. The molecule has 2 atom stereocenters. The molecule has 0 spiro atoms. The summed E-state index contributed by atoms with van der Waals surface area (Å²) < 4.78 is 0. The first-order valence-electron chi connectivity index (χ1n) is 8.49. The van der Waals surface area contributed by atoms with E-state index in [1.54, 1.807) is 0 Å². The lowest BCUT2D eigenvalue weighted by Crippen LogP contribution is -2.54. The molecule has 0 bridgehead atoms. The average molecular weight is 311 g/mol. The molecule has 1 aromatic heterocycles. The first kappa shape index (κ1) is 15.0. The summed E-state index contributed by atoms with van der Waals surface area (Å²) in [5.74, 6) is 0.591. The van der Waals surface area contributed by atoms with Crippen LogP contribution in [0.4, 0.5) is 0 Å². The lowest BCUT2D eigenvalue weighted by molar-refractivity contribution is -0.0977. The lowest BCUT2D eigenvalue weighted by Gasteiger charge is -2.56. The summed E-state index contributed by atoms with van der Waals surface area (Å²) in [6.45, 7) is 9.88. The average Bonchev–Trinajstić information content (AvgIpc) is 2.82. The van der Waals surface area contributed by atoms with Crippen molar-refractivity contribution in [2.75, 3.05) is 19.7 Å². The van der Waals surface area contributed by atoms with Gasteiger partial charge in [0.25, 0.3) is 0 Å². The van der Waals surface area contributed by atoms with Crippen molar-refractivity contribution in [2.45, 2.75) is 33.7 Å². The molecule has 4 heteroatoms. The highest BCUT2D eigenvalue weighted by Crippen LogP contribution is 2.62. The quantitative estimate of drug-likeness (QED) is 0.947. The van der Waals surface area contributed by atoms with Crippen LogP contribution in [-0.4, -0.2) is 39.7 Å². The lowest BCUT2D eigenvalue weighted by atomic mass is 9.48. The van der Waals surface area contributed by atoms with E-state index in [2.05, 4.69) is 18.7 Å². The predicted molar refractivity (Wildman–Crippen MR) is 91.0 cm³/mol. The third-order valence-electron chi connectivity index (χ3n) is 6.00. The Morgan fingerprint density at radius 3 is 2.52 bits per heavy atom. The molecule has 1 saturated carbocycles. The summed E-state index contributed by atoms with van der Waals surface area (Å²) in [5.41, 5.74) is 4.47. The number of fused-ring (bicyclic) bond motifs is 2. The Balaban J connectivity index is 1.59. The zero-order chi connectivity index (χ0) is 16.2. The normalized spacial score (nSPS) is 29.5. The van der Waals surface area contributed by atoms with E-state index in [4.69, 9.17) is 9.97 Å². The molecule has 0 amide bonds. The third kappa shape index (κ3) is 2.27. The number of aliphatic hydroxyl groups excluding tert-OH is 1. The number of aryl methyl sites for hydroxylation is 1. The van der Waals surface area contributed by atoms with Crippen LogP contribution in [-0.2, 0) is 6.54 Å². The van der Waals surface area contributed by atoms with Gasteiger partial charge in [-0.1, -0.05) is 26.0 Å². The van der Waals surface area contributed by atoms with Crippen LogP contribution in [0.2, 0.25) is 0 Å². The van der Waals surface area contributed by atoms with Crippen molar-refractivity contribution in [3.05, 3.63) is 35.7 Å². The van der Waals surface area contributed by atoms with Gasteiger partial charge in [-0.2, -0.15) is 0 Å². The second-order valence-electron chi connectivity index (χ2n) is 8.15. The van der Waals surface area contributed by atoms with E-state index in [1.807, 2.05) is 31.2 Å².